The average molecular weight is 334 g/mol. The highest BCUT2D eigenvalue weighted by Crippen LogP contribution is 2.22. The van der Waals surface area contributed by atoms with Crippen LogP contribution in [0.2, 0.25) is 15.1 Å². The summed E-state index contributed by atoms with van der Waals surface area (Å²) in [4.78, 5) is 0. The van der Waals surface area contributed by atoms with E-state index in [1.165, 1.54) is 6.07 Å². The van der Waals surface area contributed by atoms with E-state index < -0.39 is 5.82 Å². The SMILES string of the molecule is Fc1ccc(NCCNc2cc(Cl)cc(Cl)c2)cc1Cl. The van der Waals surface area contributed by atoms with Crippen LogP contribution < -0.4 is 10.6 Å². The molecule has 0 fully saturated rings. The van der Waals surface area contributed by atoms with Gasteiger partial charge in [0.05, 0.1) is 5.02 Å². The molecule has 0 amide bonds. The molecule has 0 saturated carbocycles. The van der Waals surface area contributed by atoms with Gasteiger partial charge in [0.15, 0.2) is 0 Å². The summed E-state index contributed by atoms with van der Waals surface area (Å²) < 4.78 is 13.0. The van der Waals surface area contributed by atoms with E-state index in [1.54, 1.807) is 30.3 Å². The van der Waals surface area contributed by atoms with Crippen molar-refractivity contribution < 1.29 is 4.39 Å². The first-order valence-electron chi connectivity index (χ1n) is 5.93. The molecule has 0 aliphatic heterocycles. The second kappa shape index (κ2) is 7.02. The lowest BCUT2D eigenvalue weighted by Crippen LogP contribution is -2.13. The summed E-state index contributed by atoms with van der Waals surface area (Å²) in [7, 11) is 0. The highest BCUT2D eigenvalue weighted by Gasteiger charge is 2.00. The molecule has 106 valence electrons. The van der Waals surface area contributed by atoms with E-state index in [4.69, 9.17) is 34.8 Å². The number of rotatable bonds is 5. The average Bonchev–Trinajstić information content (AvgIpc) is 2.38. The standard InChI is InChI=1S/C14H12Cl3FN2/c15-9-5-10(16)7-12(6-9)20-4-3-19-11-1-2-14(18)13(17)8-11/h1-2,5-8,19-20H,3-4H2. The molecule has 0 aliphatic rings. The number of hydrogen-bond acceptors (Lipinski definition) is 2. The molecule has 0 unspecified atom stereocenters. The fraction of sp³-hybridized carbons (Fsp3) is 0.143. The Balaban J connectivity index is 1.82. The molecule has 2 aromatic carbocycles. The highest BCUT2D eigenvalue weighted by atomic mass is 35.5. The molecule has 0 atom stereocenters. The molecular weight excluding hydrogens is 322 g/mol. The van der Waals surface area contributed by atoms with E-state index in [0.29, 0.717) is 23.1 Å². The normalized spacial score (nSPS) is 10.4. The van der Waals surface area contributed by atoms with Gasteiger partial charge in [-0.1, -0.05) is 34.8 Å². The predicted molar refractivity (Wildman–Crippen MR) is 84.9 cm³/mol. The van der Waals surface area contributed by atoms with E-state index >= 15 is 0 Å². The highest BCUT2D eigenvalue weighted by molar-refractivity contribution is 6.35. The third-order valence-electron chi connectivity index (χ3n) is 2.57. The van der Waals surface area contributed by atoms with Gasteiger partial charge >= 0.3 is 0 Å². The van der Waals surface area contributed by atoms with Crippen molar-refractivity contribution in [1.29, 1.82) is 0 Å². The minimum atomic E-state index is -0.427. The third-order valence-corrected chi connectivity index (χ3v) is 3.29. The topological polar surface area (TPSA) is 24.1 Å². The quantitative estimate of drug-likeness (QED) is 0.725. The van der Waals surface area contributed by atoms with Crippen molar-refractivity contribution in [2.75, 3.05) is 23.7 Å². The van der Waals surface area contributed by atoms with Gasteiger partial charge in [0.1, 0.15) is 5.82 Å². The Bertz CT molecular complexity index is 585. The van der Waals surface area contributed by atoms with Gasteiger partial charge in [-0.2, -0.15) is 0 Å². The second-order valence-corrected chi connectivity index (χ2v) is 5.42. The van der Waals surface area contributed by atoms with Gasteiger partial charge in [-0.3, -0.25) is 0 Å². The van der Waals surface area contributed by atoms with Crippen LogP contribution in [0.3, 0.4) is 0 Å². The third kappa shape index (κ3) is 4.44. The van der Waals surface area contributed by atoms with Crippen molar-refractivity contribution >= 4 is 46.2 Å². The smallest absolute Gasteiger partial charge is 0.141 e. The van der Waals surface area contributed by atoms with Gasteiger partial charge < -0.3 is 10.6 Å². The largest absolute Gasteiger partial charge is 0.383 e. The van der Waals surface area contributed by atoms with Gasteiger partial charge in [-0.05, 0) is 36.4 Å². The van der Waals surface area contributed by atoms with E-state index in [-0.39, 0.29) is 5.02 Å². The molecule has 2 aromatic rings. The number of hydrogen-bond donors (Lipinski definition) is 2. The molecule has 0 radical (unpaired) electrons. The van der Waals surface area contributed by atoms with Crippen LogP contribution in [0.4, 0.5) is 15.8 Å². The summed E-state index contributed by atoms with van der Waals surface area (Å²) in [5, 5.41) is 7.58. The Morgan fingerprint density at radius 2 is 1.40 bits per heavy atom. The molecule has 0 spiro atoms. The summed E-state index contributed by atoms with van der Waals surface area (Å²) in [6.45, 7) is 1.30. The minimum absolute atomic E-state index is 0.101. The second-order valence-electron chi connectivity index (χ2n) is 4.14. The fourth-order valence-corrected chi connectivity index (χ4v) is 2.38. The summed E-state index contributed by atoms with van der Waals surface area (Å²) in [6, 6.07) is 9.77. The van der Waals surface area contributed by atoms with Gasteiger partial charge in [-0.15, -0.1) is 0 Å². The van der Waals surface area contributed by atoms with Crippen LogP contribution in [0.25, 0.3) is 0 Å². The van der Waals surface area contributed by atoms with Gasteiger partial charge in [-0.25, -0.2) is 4.39 Å². The minimum Gasteiger partial charge on any atom is -0.383 e. The predicted octanol–water partition coefficient (Wildman–Crippen LogP) is 5.31. The zero-order valence-corrected chi connectivity index (χ0v) is 12.7. The maximum Gasteiger partial charge on any atom is 0.141 e. The van der Waals surface area contributed by atoms with Gasteiger partial charge in [0.25, 0.3) is 0 Å². The van der Waals surface area contributed by atoms with E-state index in [2.05, 4.69) is 10.6 Å². The zero-order chi connectivity index (χ0) is 14.5. The van der Waals surface area contributed by atoms with Crippen LogP contribution in [0, 0.1) is 5.82 Å². The van der Waals surface area contributed by atoms with Crippen LogP contribution in [0.5, 0.6) is 0 Å². The van der Waals surface area contributed by atoms with E-state index in [1.807, 2.05) is 0 Å². The van der Waals surface area contributed by atoms with E-state index in [9.17, 15) is 4.39 Å². The summed E-state index contributed by atoms with van der Waals surface area (Å²) in [5.41, 5.74) is 1.61. The lowest BCUT2D eigenvalue weighted by atomic mass is 10.3. The molecule has 0 heterocycles. The first-order valence-corrected chi connectivity index (χ1v) is 7.07. The van der Waals surface area contributed by atoms with Crippen molar-refractivity contribution in [3.63, 3.8) is 0 Å². The maximum atomic E-state index is 13.0. The molecule has 0 bridgehead atoms. The van der Waals surface area contributed by atoms with Crippen LogP contribution >= 0.6 is 34.8 Å². The Labute approximate surface area is 131 Å². The molecule has 0 saturated heterocycles. The molecule has 0 aromatic heterocycles. The van der Waals surface area contributed by atoms with Crippen molar-refractivity contribution in [2.24, 2.45) is 0 Å². The summed E-state index contributed by atoms with van der Waals surface area (Å²) in [5.74, 6) is -0.427. The first kappa shape index (κ1) is 15.2. The van der Waals surface area contributed by atoms with Crippen molar-refractivity contribution in [3.8, 4) is 0 Å². The van der Waals surface area contributed by atoms with Crippen LogP contribution in [-0.4, -0.2) is 13.1 Å². The lowest BCUT2D eigenvalue weighted by Gasteiger charge is -2.10. The number of nitrogens with one attached hydrogen (secondary N) is 2. The lowest BCUT2D eigenvalue weighted by molar-refractivity contribution is 0.628. The molecular formula is C14H12Cl3FN2. The summed E-state index contributed by atoms with van der Waals surface area (Å²) >= 11 is 17.5. The van der Waals surface area contributed by atoms with E-state index in [0.717, 1.165) is 11.4 Å². The Morgan fingerprint density at radius 1 is 0.800 bits per heavy atom. The fourth-order valence-electron chi connectivity index (χ4n) is 1.68. The van der Waals surface area contributed by atoms with Gasteiger partial charge in [0, 0.05) is 34.5 Å². The van der Waals surface area contributed by atoms with Crippen LogP contribution in [0.1, 0.15) is 0 Å². The van der Waals surface area contributed by atoms with Crippen molar-refractivity contribution in [3.05, 3.63) is 57.3 Å². The zero-order valence-electron chi connectivity index (χ0n) is 10.4. The number of anilines is 2. The van der Waals surface area contributed by atoms with Crippen molar-refractivity contribution in [1.82, 2.24) is 0 Å². The monoisotopic (exact) mass is 332 g/mol. The molecule has 6 heteroatoms. The van der Waals surface area contributed by atoms with Crippen molar-refractivity contribution in [2.45, 2.75) is 0 Å². The van der Waals surface area contributed by atoms with Gasteiger partial charge in [0.2, 0.25) is 0 Å². The Kier molecular flexibility index (Phi) is 5.35. The first-order chi connectivity index (χ1) is 9.54. The van der Waals surface area contributed by atoms with Crippen LogP contribution in [0.15, 0.2) is 36.4 Å². The Hall–Kier alpha value is -1.16. The Morgan fingerprint density at radius 3 is 2.00 bits per heavy atom. The molecule has 20 heavy (non-hydrogen) atoms. The number of benzene rings is 2. The molecule has 2 nitrogen and oxygen atoms in total. The molecule has 0 aliphatic carbocycles. The molecule has 2 N–H and O–H groups in total. The number of halogens is 4. The summed E-state index contributed by atoms with van der Waals surface area (Å²) in [6.07, 6.45) is 0. The van der Waals surface area contributed by atoms with Crippen LogP contribution in [-0.2, 0) is 0 Å². The molecule has 2 rings (SSSR count). The maximum absolute atomic E-state index is 13.0.